The quantitative estimate of drug-likeness (QED) is 0.153. The maximum Gasteiger partial charge on any atom is 0.197 e. The molecule has 0 aromatic heterocycles. The molecule has 11 aromatic rings. The van der Waals surface area contributed by atoms with Crippen molar-refractivity contribution in [3.63, 3.8) is 0 Å². The monoisotopic (exact) mass is 1010 g/mol. The highest BCUT2D eigenvalue weighted by Gasteiger charge is 2.36. The Bertz CT molecular complexity index is 4080. The highest BCUT2D eigenvalue weighted by molar-refractivity contribution is 6.74. The Kier molecular flexibility index (Phi) is 11.7. The van der Waals surface area contributed by atoms with Crippen molar-refractivity contribution in [1.82, 2.24) is 0 Å². The lowest BCUT2D eigenvalue weighted by Crippen LogP contribution is -2.41. The molecule has 1 radical (unpaired) electrons. The zero-order valence-corrected chi connectivity index (χ0v) is 46.3. The molecule has 2 aliphatic rings. The number of anilines is 8. The van der Waals surface area contributed by atoms with Gasteiger partial charge in [0.15, 0.2) is 7.28 Å². The van der Waals surface area contributed by atoms with E-state index in [1.54, 1.807) is 0 Å². The van der Waals surface area contributed by atoms with Crippen LogP contribution in [0, 0.1) is 6.92 Å². The molecule has 1 aliphatic heterocycles. The first kappa shape index (κ1) is 49.0. The SMILES string of the molecule is Cc1cc(-c2ccccc2)ccc1N1c2cc(N(c3ccc(C(C)(C)C)cc3)c3ccc(C(C)(C)C)cc3)ccc2[B]c2c(-c3ccc4ccccc4c3Nc3ccc4c(c3)C(C)(C)c3ccccc3-4)cc3ccccc3c21. The highest BCUT2D eigenvalue weighted by Crippen LogP contribution is 2.51. The van der Waals surface area contributed by atoms with Gasteiger partial charge in [-0.25, -0.2) is 0 Å². The Balaban J connectivity index is 1.03. The fourth-order valence-electron chi connectivity index (χ4n) is 12.4. The van der Waals surface area contributed by atoms with Gasteiger partial charge in [0.2, 0.25) is 0 Å². The summed E-state index contributed by atoms with van der Waals surface area (Å²) in [4.78, 5) is 5.00. The van der Waals surface area contributed by atoms with Gasteiger partial charge in [-0.3, -0.25) is 0 Å². The van der Waals surface area contributed by atoms with Crippen LogP contribution in [-0.2, 0) is 16.2 Å². The molecular formula is C74H65BN3. The minimum absolute atomic E-state index is 0.0263. The van der Waals surface area contributed by atoms with E-state index >= 15 is 0 Å². The van der Waals surface area contributed by atoms with Crippen LogP contribution >= 0.6 is 0 Å². The van der Waals surface area contributed by atoms with Gasteiger partial charge in [0, 0.05) is 61.6 Å². The molecule has 0 saturated heterocycles. The third-order valence-electron chi connectivity index (χ3n) is 16.7. The van der Waals surface area contributed by atoms with Gasteiger partial charge in [-0.2, -0.15) is 0 Å². The summed E-state index contributed by atoms with van der Waals surface area (Å²) in [7, 11) is 2.45. The van der Waals surface area contributed by atoms with Gasteiger partial charge in [0.05, 0.1) is 5.69 Å². The molecule has 0 bridgehead atoms. The molecule has 1 aliphatic carbocycles. The largest absolute Gasteiger partial charge is 0.355 e. The van der Waals surface area contributed by atoms with E-state index < -0.39 is 0 Å². The lowest BCUT2D eigenvalue weighted by Gasteiger charge is -2.38. The molecule has 1 heterocycles. The fourth-order valence-corrected chi connectivity index (χ4v) is 12.4. The molecule has 78 heavy (non-hydrogen) atoms. The van der Waals surface area contributed by atoms with Crippen molar-refractivity contribution in [1.29, 1.82) is 0 Å². The molecule has 379 valence electrons. The number of hydrogen-bond donors (Lipinski definition) is 1. The molecule has 0 fully saturated rings. The van der Waals surface area contributed by atoms with E-state index in [-0.39, 0.29) is 16.2 Å². The second kappa shape index (κ2) is 18.6. The van der Waals surface area contributed by atoms with E-state index in [2.05, 4.69) is 309 Å². The molecule has 0 amide bonds. The van der Waals surface area contributed by atoms with Crippen molar-refractivity contribution in [3.8, 4) is 33.4 Å². The molecule has 3 nitrogen and oxygen atoms in total. The van der Waals surface area contributed by atoms with E-state index in [9.17, 15) is 0 Å². The van der Waals surface area contributed by atoms with Crippen LogP contribution in [0.2, 0.25) is 0 Å². The minimum atomic E-state index is -0.128. The summed E-state index contributed by atoms with van der Waals surface area (Å²) in [6, 6.07) is 83.9. The van der Waals surface area contributed by atoms with Crippen LogP contribution in [0.15, 0.2) is 224 Å². The summed E-state index contributed by atoms with van der Waals surface area (Å²) < 4.78 is 0. The van der Waals surface area contributed by atoms with E-state index in [1.165, 1.54) is 82.6 Å². The number of rotatable bonds is 8. The average Bonchev–Trinajstić information content (AvgIpc) is 3.77. The van der Waals surface area contributed by atoms with Crippen molar-refractivity contribution >= 4 is 85.2 Å². The minimum Gasteiger partial charge on any atom is -0.355 e. The number of aryl methyl sites for hydroxylation is 1. The predicted octanol–water partition coefficient (Wildman–Crippen LogP) is 19.2. The van der Waals surface area contributed by atoms with Gasteiger partial charge in [-0.15, -0.1) is 0 Å². The number of nitrogens with one attached hydrogen (secondary N) is 1. The number of fused-ring (bicyclic) bond motifs is 8. The van der Waals surface area contributed by atoms with Crippen LogP contribution in [0.5, 0.6) is 0 Å². The summed E-state index contributed by atoms with van der Waals surface area (Å²) in [5.74, 6) is 0. The normalized spacial score (nSPS) is 13.4. The second-order valence-electron chi connectivity index (χ2n) is 24.2. The average molecular weight is 1010 g/mol. The van der Waals surface area contributed by atoms with Crippen LogP contribution in [0.3, 0.4) is 0 Å². The third kappa shape index (κ3) is 8.37. The molecular weight excluding hydrogens is 942 g/mol. The van der Waals surface area contributed by atoms with Gasteiger partial charge in [0.25, 0.3) is 0 Å². The van der Waals surface area contributed by atoms with Gasteiger partial charge < -0.3 is 15.1 Å². The molecule has 0 saturated carbocycles. The third-order valence-corrected chi connectivity index (χ3v) is 16.7. The van der Waals surface area contributed by atoms with Gasteiger partial charge in [0.1, 0.15) is 0 Å². The molecule has 0 atom stereocenters. The highest BCUT2D eigenvalue weighted by atomic mass is 15.2. The van der Waals surface area contributed by atoms with Crippen LogP contribution in [-0.4, -0.2) is 7.28 Å². The predicted molar refractivity (Wildman–Crippen MR) is 336 cm³/mol. The Hall–Kier alpha value is -8.60. The van der Waals surface area contributed by atoms with E-state index in [1.807, 2.05) is 0 Å². The smallest absolute Gasteiger partial charge is 0.197 e. The zero-order valence-electron chi connectivity index (χ0n) is 46.3. The Morgan fingerprint density at radius 3 is 1.74 bits per heavy atom. The van der Waals surface area contributed by atoms with Crippen molar-refractivity contribution < 1.29 is 0 Å². The molecule has 13 rings (SSSR count). The Morgan fingerprint density at radius 1 is 0.449 bits per heavy atom. The summed E-state index contributed by atoms with van der Waals surface area (Å²) in [5.41, 5.74) is 25.0. The maximum atomic E-state index is 4.10. The second-order valence-corrected chi connectivity index (χ2v) is 24.2. The van der Waals surface area contributed by atoms with Crippen molar-refractivity contribution in [2.75, 3.05) is 15.1 Å². The zero-order chi connectivity index (χ0) is 53.7. The molecule has 11 aromatic carbocycles. The van der Waals surface area contributed by atoms with E-state index in [4.69, 9.17) is 0 Å². The van der Waals surface area contributed by atoms with Crippen LogP contribution < -0.4 is 26.0 Å². The Labute approximate surface area is 462 Å². The van der Waals surface area contributed by atoms with Gasteiger partial charge in [-0.05, 0) is 156 Å². The molecule has 0 spiro atoms. The molecule has 4 heteroatoms. The number of benzene rings is 11. The van der Waals surface area contributed by atoms with Crippen LogP contribution in [0.25, 0.3) is 54.9 Å². The van der Waals surface area contributed by atoms with Gasteiger partial charge >= 0.3 is 0 Å². The Morgan fingerprint density at radius 2 is 1.05 bits per heavy atom. The topological polar surface area (TPSA) is 18.5 Å². The number of nitrogens with zero attached hydrogens (tertiary/aromatic N) is 2. The first-order valence-corrected chi connectivity index (χ1v) is 27.7. The molecule has 0 unspecified atom stereocenters. The first-order chi connectivity index (χ1) is 37.6. The standard InChI is InChI=1S/C74H65BN3/c1-47-43-50(48-19-11-10-12-20-48)28-42-67(47)78-68-46-57(77(55-34-29-52(30-35-55)72(2,3)4)56-36-31-53(32-37-56)73(5,6)7)38-41-66(68)75-69-63(44-51-22-14-16-24-59(51)71(69)78)62-39-27-49-21-13-15-23-58(49)70(62)76-54-33-40-61-60-25-17-18-26-64(60)74(8,9)65(61)45-54/h10-46,76H,1-9H3. The lowest BCUT2D eigenvalue weighted by molar-refractivity contribution is 0.590. The van der Waals surface area contributed by atoms with Crippen molar-refractivity contribution in [2.24, 2.45) is 0 Å². The molecule has 1 N–H and O–H groups in total. The van der Waals surface area contributed by atoms with Crippen LogP contribution in [0.1, 0.15) is 83.2 Å². The van der Waals surface area contributed by atoms with Gasteiger partial charge in [-0.1, -0.05) is 219 Å². The summed E-state index contributed by atoms with van der Waals surface area (Å²) in [6.07, 6.45) is 0. The van der Waals surface area contributed by atoms with E-state index in [0.29, 0.717) is 0 Å². The number of hydrogen-bond acceptors (Lipinski definition) is 3. The van der Waals surface area contributed by atoms with Crippen molar-refractivity contribution in [3.05, 3.63) is 252 Å². The first-order valence-electron chi connectivity index (χ1n) is 27.7. The maximum absolute atomic E-state index is 4.10. The summed E-state index contributed by atoms with van der Waals surface area (Å²) >= 11 is 0. The fraction of sp³-hybridized carbons (Fsp3) is 0.162. The lowest BCUT2D eigenvalue weighted by atomic mass is 9.57. The summed E-state index contributed by atoms with van der Waals surface area (Å²) in [5, 5.41) is 8.84. The van der Waals surface area contributed by atoms with Crippen molar-refractivity contribution in [2.45, 2.75) is 78.6 Å². The van der Waals surface area contributed by atoms with Crippen LogP contribution in [0.4, 0.5) is 45.5 Å². The van der Waals surface area contributed by atoms with E-state index in [0.717, 1.165) is 56.5 Å². The summed E-state index contributed by atoms with van der Waals surface area (Å²) in [6.45, 7) is 20.7.